The van der Waals surface area contributed by atoms with E-state index >= 15 is 0 Å². The summed E-state index contributed by atoms with van der Waals surface area (Å²) < 4.78 is 0. The number of carboxylic acids is 1. The second kappa shape index (κ2) is 5.44. The van der Waals surface area contributed by atoms with E-state index in [1.165, 1.54) is 18.2 Å². The number of aromatic carboxylic acids is 1. The summed E-state index contributed by atoms with van der Waals surface area (Å²) in [6.45, 7) is 0. The monoisotopic (exact) mass is 314 g/mol. The molecule has 0 aliphatic rings. The summed E-state index contributed by atoms with van der Waals surface area (Å²) >= 11 is 11.4. The van der Waals surface area contributed by atoms with Crippen LogP contribution in [0.4, 0.5) is 5.69 Å². The second-order valence-corrected chi connectivity index (χ2v) is 4.62. The van der Waals surface area contributed by atoms with Gasteiger partial charge in [0.1, 0.15) is 22.2 Å². The van der Waals surface area contributed by atoms with Crippen LogP contribution in [0.5, 0.6) is 5.75 Å². The summed E-state index contributed by atoms with van der Waals surface area (Å²) in [6, 6.07) is 5.02. The van der Waals surface area contributed by atoms with Gasteiger partial charge in [0.05, 0.1) is 5.02 Å². The molecule has 0 bridgehead atoms. The van der Waals surface area contributed by atoms with Crippen LogP contribution in [0.1, 0.15) is 20.8 Å². The Morgan fingerprint density at radius 3 is 2.40 bits per heavy atom. The highest BCUT2D eigenvalue weighted by Crippen LogP contribution is 2.24. The van der Waals surface area contributed by atoms with E-state index in [4.69, 9.17) is 28.3 Å². The molecule has 104 valence electrons. The number of benzene rings is 1. The molecule has 1 amide bonds. The zero-order valence-corrected chi connectivity index (χ0v) is 11.3. The third kappa shape index (κ3) is 2.87. The summed E-state index contributed by atoms with van der Waals surface area (Å²) in [6.07, 6.45) is 0. The Morgan fingerprint density at radius 2 is 1.90 bits per heavy atom. The molecule has 2 rings (SSSR count). The van der Waals surface area contributed by atoms with Crippen molar-refractivity contribution in [2.45, 2.75) is 0 Å². The number of anilines is 1. The van der Waals surface area contributed by atoms with E-state index in [1.807, 2.05) is 0 Å². The molecule has 4 N–H and O–H groups in total. The molecule has 20 heavy (non-hydrogen) atoms. The largest absolute Gasteiger partial charge is 0.507 e. The third-order valence-electron chi connectivity index (χ3n) is 2.46. The molecule has 0 saturated heterocycles. The van der Waals surface area contributed by atoms with E-state index in [-0.39, 0.29) is 27.1 Å². The summed E-state index contributed by atoms with van der Waals surface area (Å²) in [5.41, 5.74) is 0.120. The number of carbonyl (C=O) groups is 2. The lowest BCUT2D eigenvalue weighted by atomic mass is 10.2. The van der Waals surface area contributed by atoms with Gasteiger partial charge in [0, 0.05) is 11.8 Å². The van der Waals surface area contributed by atoms with Crippen molar-refractivity contribution in [2.24, 2.45) is 0 Å². The molecule has 0 unspecified atom stereocenters. The predicted octanol–water partition coefficient (Wildman–Crippen LogP) is 2.98. The molecule has 0 aliphatic heterocycles. The van der Waals surface area contributed by atoms with Crippen molar-refractivity contribution in [3.8, 4) is 5.75 Å². The summed E-state index contributed by atoms with van der Waals surface area (Å²) in [7, 11) is 0. The third-order valence-corrected chi connectivity index (χ3v) is 3.15. The number of halogens is 2. The van der Waals surface area contributed by atoms with Gasteiger partial charge >= 0.3 is 5.97 Å². The van der Waals surface area contributed by atoms with Crippen molar-refractivity contribution in [3.63, 3.8) is 0 Å². The molecule has 1 aromatic carbocycles. The van der Waals surface area contributed by atoms with Gasteiger partial charge in [-0.25, -0.2) is 4.79 Å². The van der Waals surface area contributed by atoms with Gasteiger partial charge in [0.2, 0.25) is 0 Å². The Bertz CT molecular complexity index is 677. The summed E-state index contributed by atoms with van der Waals surface area (Å²) in [5, 5.41) is 21.1. The van der Waals surface area contributed by atoms with Crippen molar-refractivity contribution in [3.05, 3.63) is 45.7 Å². The van der Waals surface area contributed by atoms with E-state index in [0.717, 1.165) is 6.07 Å². The van der Waals surface area contributed by atoms with Gasteiger partial charge in [-0.2, -0.15) is 0 Å². The van der Waals surface area contributed by atoms with Gasteiger partial charge < -0.3 is 20.5 Å². The normalized spacial score (nSPS) is 10.3. The van der Waals surface area contributed by atoms with Gasteiger partial charge in [-0.3, -0.25) is 4.79 Å². The fourth-order valence-electron chi connectivity index (χ4n) is 1.52. The lowest BCUT2D eigenvalue weighted by Gasteiger charge is -2.06. The fraction of sp³-hybridized carbons (Fsp3) is 0. The summed E-state index contributed by atoms with van der Waals surface area (Å²) in [4.78, 5) is 25.2. The number of hydrogen-bond donors (Lipinski definition) is 4. The molecular weight excluding hydrogens is 307 g/mol. The molecule has 0 saturated carbocycles. The van der Waals surface area contributed by atoms with E-state index in [9.17, 15) is 14.7 Å². The number of carbonyl (C=O) groups excluding carboxylic acids is 1. The molecule has 0 aliphatic carbocycles. The van der Waals surface area contributed by atoms with Crippen LogP contribution in [0, 0.1) is 0 Å². The number of rotatable bonds is 3. The minimum atomic E-state index is -1.26. The first-order valence-corrected chi connectivity index (χ1v) is 6.05. The minimum Gasteiger partial charge on any atom is -0.507 e. The second-order valence-electron chi connectivity index (χ2n) is 3.84. The van der Waals surface area contributed by atoms with Crippen LogP contribution in [0.25, 0.3) is 0 Å². The smallest absolute Gasteiger partial charge is 0.339 e. The standard InChI is InChI=1S/C12H8Cl2N2O4/c13-7-4-8(16-10(7)14)11(18)15-5-1-2-6(12(19)20)9(17)3-5/h1-4,16-17H,(H,15,18)(H,19,20). The van der Waals surface area contributed by atoms with Gasteiger partial charge in [0.15, 0.2) is 0 Å². The van der Waals surface area contributed by atoms with Crippen molar-refractivity contribution in [1.29, 1.82) is 0 Å². The topological polar surface area (TPSA) is 102 Å². The number of amides is 1. The Morgan fingerprint density at radius 1 is 1.20 bits per heavy atom. The molecule has 0 atom stereocenters. The first kappa shape index (κ1) is 14.2. The number of hydrogen-bond acceptors (Lipinski definition) is 3. The van der Waals surface area contributed by atoms with Gasteiger partial charge in [0.25, 0.3) is 5.91 Å². The van der Waals surface area contributed by atoms with Crippen LogP contribution in [-0.2, 0) is 0 Å². The molecule has 0 fully saturated rings. The number of carboxylic acid groups (broad SMARTS) is 1. The van der Waals surface area contributed by atoms with E-state index in [1.54, 1.807) is 0 Å². The molecule has 6 nitrogen and oxygen atoms in total. The van der Waals surface area contributed by atoms with Crippen molar-refractivity contribution in [2.75, 3.05) is 5.32 Å². The summed E-state index contributed by atoms with van der Waals surface area (Å²) in [5.74, 6) is -2.23. The molecule has 0 spiro atoms. The zero-order valence-electron chi connectivity index (χ0n) is 9.78. The Kier molecular flexibility index (Phi) is 3.87. The van der Waals surface area contributed by atoms with Crippen molar-refractivity contribution in [1.82, 2.24) is 4.98 Å². The number of aromatic amines is 1. The Balaban J connectivity index is 2.20. The highest BCUT2D eigenvalue weighted by Gasteiger charge is 2.14. The highest BCUT2D eigenvalue weighted by atomic mass is 35.5. The number of phenols is 1. The zero-order chi connectivity index (χ0) is 14.9. The van der Waals surface area contributed by atoms with Gasteiger partial charge in [-0.05, 0) is 18.2 Å². The number of H-pyrrole nitrogens is 1. The Hall–Kier alpha value is -2.18. The average Bonchev–Trinajstić information content (AvgIpc) is 2.69. The predicted molar refractivity (Wildman–Crippen MR) is 73.8 cm³/mol. The maximum Gasteiger partial charge on any atom is 0.339 e. The van der Waals surface area contributed by atoms with E-state index < -0.39 is 17.6 Å². The average molecular weight is 315 g/mol. The van der Waals surface area contributed by atoms with Crippen LogP contribution in [-0.4, -0.2) is 27.1 Å². The van der Waals surface area contributed by atoms with E-state index in [2.05, 4.69) is 10.3 Å². The van der Waals surface area contributed by atoms with Crippen LogP contribution < -0.4 is 5.32 Å². The van der Waals surface area contributed by atoms with Gasteiger partial charge in [-0.1, -0.05) is 23.2 Å². The van der Waals surface area contributed by atoms with Crippen LogP contribution in [0.3, 0.4) is 0 Å². The van der Waals surface area contributed by atoms with Crippen molar-refractivity contribution < 1.29 is 19.8 Å². The SMILES string of the molecule is O=C(Nc1ccc(C(=O)O)c(O)c1)c1cc(Cl)c(Cl)[nH]1. The maximum absolute atomic E-state index is 11.9. The first-order chi connectivity index (χ1) is 9.38. The van der Waals surface area contributed by atoms with Crippen LogP contribution in [0.15, 0.2) is 24.3 Å². The van der Waals surface area contributed by atoms with Crippen LogP contribution >= 0.6 is 23.2 Å². The van der Waals surface area contributed by atoms with Crippen molar-refractivity contribution >= 4 is 40.8 Å². The molecule has 1 aromatic heterocycles. The molecule has 8 heteroatoms. The minimum absolute atomic E-state index is 0.140. The molecule has 2 aromatic rings. The molecular formula is C12H8Cl2N2O4. The van der Waals surface area contributed by atoms with Crippen LogP contribution in [0.2, 0.25) is 10.2 Å². The number of nitrogens with one attached hydrogen (secondary N) is 2. The Labute approximate surface area is 122 Å². The highest BCUT2D eigenvalue weighted by molar-refractivity contribution is 6.41. The number of aromatic hydroxyl groups is 1. The maximum atomic E-state index is 11.9. The molecule has 0 radical (unpaired) electrons. The quantitative estimate of drug-likeness (QED) is 0.699. The first-order valence-electron chi connectivity index (χ1n) is 5.30. The number of aromatic nitrogens is 1. The lowest BCUT2D eigenvalue weighted by Crippen LogP contribution is -2.12. The van der Waals surface area contributed by atoms with E-state index in [0.29, 0.717) is 0 Å². The lowest BCUT2D eigenvalue weighted by molar-refractivity contribution is 0.0693. The molecule has 1 heterocycles. The fourth-order valence-corrected chi connectivity index (χ4v) is 1.83. The van der Waals surface area contributed by atoms with Gasteiger partial charge in [-0.15, -0.1) is 0 Å².